The van der Waals surface area contributed by atoms with Crippen LogP contribution in [0.4, 0.5) is 4.79 Å². The molecule has 1 saturated heterocycles. The molecule has 1 aromatic rings. The van der Waals surface area contributed by atoms with Crippen molar-refractivity contribution in [2.24, 2.45) is 5.11 Å². The average Bonchev–Trinajstić information content (AvgIpc) is 2.98. The molecule has 0 aromatic carbocycles. The first-order valence-corrected chi connectivity index (χ1v) is 10.5. The quantitative estimate of drug-likeness (QED) is 0.121. The molecule has 15 nitrogen and oxygen atoms in total. The first kappa shape index (κ1) is 34.1. The van der Waals surface area contributed by atoms with E-state index in [2.05, 4.69) is 14.5 Å². The zero-order valence-electron chi connectivity index (χ0n) is 17.0. The fourth-order valence-electron chi connectivity index (χ4n) is 2.40. The number of carbonyl (C=O) groups excluding carboxylic acids is 1. The number of nitrogens with zero attached hydrogens (tertiary/aromatic N) is 4. The van der Waals surface area contributed by atoms with Crippen molar-refractivity contribution in [3.8, 4) is 0 Å². The van der Waals surface area contributed by atoms with Crippen LogP contribution in [-0.2, 0) is 18.4 Å². The van der Waals surface area contributed by atoms with Gasteiger partial charge in [-0.05, 0) is 12.5 Å². The van der Waals surface area contributed by atoms with Crippen molar-refractivity contribution in [1.82, 2.24) is 9.55 Å². The van der Waals surface area contributed by atoms with Gasteiger partial charge >= 0.3 is 94.4 Å². The summed E-state index contributed by atoms with van der Waals surface area (Å²) in [5, 5.41) is 0.755. The molecule has 0 spiro atoms. The minimum absolute atomic E-state index is 0. The van der Waals surface area contributed by atoms with E-state index in [4.69, 9.17) is 10.3 Å². The summed E-state index contributed by atoms with van der Waals surface area (Å²) in [6.07, 6.45) is -1.33. The largest absolute Gasteiger partial charge is 1.00 e. The van der Waals surface area contributed by atoms with E-state index in [1.807, 2.05) is 4.98 Å². The summed E-state index contributed by atoms with van der Waals surface area (Å²) in [5.41, 5.74) is 7.31. The first-order chi connectivity index (χ1) is 12.9. The average molecular weight is 505 g/mol. The van der Waals surface area contributed by atoms with Gasteiger partial charge in [0, 0.05) is 30.7 Å². The molecule has 1 aliphatic rings. The standard InChI is InChI=1S/C11H15N5O10P2.3Na/c1-5-3-16(10(18)13-9(5)17)8-2-6(14-15-12)7(26-8)4-25-28(23,24)11(19)27(20,21)22;;;/h3,6-8H,2,4H2,1H3,(H,23,24)(H,13,17,18)(H2,20,21,22);;;/q;3*+1/p-3/t6?,7-,8-;;;/m1.../s1. The molecular weight excluding hydrogens is 493 g/mol. The van der Waals surface area contributed by atoms with Gasteiger partial charge in [0.2, 0.25) is 12.9 Å². The Morgan fingerprint density at radius 1 is 1.35 bits per heavy atom. The smallest absolute Gasteiger partial charge is 0.805 e. The molecule has 2 unspecified atom stereocenters. The van der Waals surface area contributed by atoms with Crippen molar-refractivity contribution in [3.63, 3.8) is 0 Å². The molecule has 2 rings (SSSR count). The number of carbonyl (C=O) groups is 1. The van der Waals surface area contributed by atoms with E-state index in [1.54, 1.807) is 0 Å². The van der Waals surface area contributed by atoms with Crippen molar-refractivity contribution < 1.29 is 127 Å². The van der Waals surface area contributed by atoms with E-state index >= 15 is 0 Å². The van der Waals surface area contributed by atoms with Crippen LogP contribution in [0.15, 0.2) is 20.9 Å². The Bertz CT molecular complexity index is 1050. The van der Waals surface area contributed by atoms with Gasteiger partial charge in [0.05, 0.1) is 18.8 Å². The second-order valence-corrected chi connectivity index (χ2v) is 9.10. The van der Waals surface area contributed by atoms with Crippen LogP contribution in [0.5, 0.6) is 0 Å². The molecule has 0 saturated carbocycles. The topological polar surface area (TPSA) is 242 Å². The summed E-state index contributed by atoms with van der Waals surface area (Å²) < 4.78 is 32.7. The van der Waals surface area contributed by atoms with Gasteiger partial charge in [-0.25, -0.2) is 4.79 Å². The van der Waals surface area contributed by atoms with Crippen molar-refractivity contribution in [2.45, 2.75) is 31.7 Å². The van der Waals surface area contributed by atoms with Gasteiger partial charge in [0.15, 0.2) is 0 Å². The van der Waals surface area contributed by atoms with Crippen LogP contribution < -0.4 is 115 Å². The molecule has 0 amide bonds. The molecule has 1 fully saturated rings. The number of nitrogens with one attached hydrogen (secondary N) is 1. The third-order valence-corrected chi connectivity index (χ3v) is 6.63. The monoisotopic (exact) mass is 505 g/mol. The summed E-state index contributed by atoms with van der Waals surface area (Å²) in [6.45, 7) is 0.461. The number of azide groups is 1. The fraction of sp³-hybridized carbons (Fsp3) is 0.545. The Kier molecular flexibility index (Phi) is 15.1. The molecule has 2 heterocycles. The predicted octanol–water partition coefficient (Wildman–Crippen LogP) is -10.6. The summed E-state index contributed by atoms with van der Waals surface area (Å²) in [5.74, 6) is 0. The van der Waals surface area contributed by atoms with Crippen LogP contribution in [0.1, 0.15) is 18.2 Å². The Hall–Kier alpha value is 0.920. The van der Waals surface area contributed by atoms with Crippen molar-refractivity contribution in [1.29, 1.82) is 0 Å². The minimum Gasteiger partial charge on any atom is -0.805 e. The van der Waals surface area contributed by atoms with E-state index in [1.165, 1.54) is 13.1 Å². The second-order valence-electron chi connectivity index (χ2n) is 5.69. The Labute approximate surface area is 240 Å². The third-order valence-electron chi connectivity index (χ3n) is 3.74. The number of aromatic amines is 1. The zero-order chi connectivity index (χ0) is 21.3. The minimum atomic E-state index is -6.09. The van der Waals surface area contributed by atoms with Crippen LogP contribution in [-0.4, -0.2) is 33.6 Å². The predicted molar refractivity (Wildman–Crippen MR) is 84.1 cm³/mol. The molecule has 4 atom stereocenters. The van der Waals surface area contributed by atoms with E-state index < -0.39 is 56.7 Å². The maximum atomic E-state index is 11.9. The Morgan fingerprint density at radius 2 is 1.94 bits per heavy atom. The Morgan fingerprint density at radius 3 is 2.45 bits per heavy atom. The normalized spacial score (nSPS) is 22.0. The third kappa shape index (κ3) is 8.89. The summed E-state index contributed by atoms with van der Waals surface area (Å²) in [6, 6.07) is -1.06. The van der Waals surface area contributed by atoms with Gasteiger partial charge in [-0.15, -0.1) is 0 Å². The number of rotatable bonds is 7. The van der Waals surface area contributed by atoms with Crippen LogP contribution in [0, 0.1) is 6.92 Å². The van der Waals surface area contributed by atoms with Crippen molar-refractivity contribution in [3.05, 3.63) is 43.0 Å². The molecule has 0 aliphatic carbocycles. The number of hydrogen-bond acceptors (Lipinski definition) is 11. The zero-order valence-corrected chi connectivity index (χ0v) is 24.8. The number of hydrogen-bond donors (Lipinski definition) is 1. The maximum Gasteiger partial charge on any atom is 1.00 e. The number of aryl methyl sites for hydroxylation is 1. The van der Waals surface area contributed by atoms with Gasteiger partial charge < -0.3 is 33.1 Å². The molecule has 0 radical (unpaired) electrons. The molecule has 1 aliphatic heterocycles. The number of H-pyrrole nitrogens is 1. The first-order valence-electron chi connectivity index (χ1n) is 7.41. The van der Waals surface area contributed by atoms with Crippen molar-refractivity contribution in [2.75, 3.05) is 6.61 Å². The van der Waals surface area contributed by atoms with E-state index in [0.29, 0.717) is 0 Å². The van der Waals surface area contributed by atoms with Crippen LogP contribution >= 0.6 is 15.2 Å². The van der Waals surface area contributed by atoms with Gasteiger partial charge in [-0.1, -0.05) is 5.11 Å². The van der Waals surface area contributed by atoms with Crippen LogP contribution in [0.3, 0.4) is 0 Å². The molecule has 0 bridgehead atoms. The van der Waals surface area contributed by atoms with E-state index in [0.717, 1.165) is 4.57 Å². The van der Waals surface area contributed by atoms with E-state index in [9.17, 15) is 38.2 Å². The van der Waals surface area contributed by atoms with Crippen LogP contribution in [0.25, 0.3) is 10.4 Å². The van der Waals surface area contributed by atoms with Gasteiger partial charge in [-0.2, -0.15) is 0 Å². The second kappa shape index (κ2) is 13.7. The fourth-order valence-corrected chi connectivity index (χ4v) is 4.23. The molecule has 1 aromatic heterocycles. The number of ether oxygens (including phenoxy) is 1. The van der Waals surface area contributed by atoms with Gasteiger partial charge in [-0.3, -0.25) is 19.1 Å². The molecule has 154 valence electrons. The molecule has 20 heteroatoms. The SMILES string of the molecule is Cc1cn([C@H]2CC(N=[N+]=[N-])[C@@H](COP(=O)([O-])C(=O)P(=O)([O-])[O-])O2)c(=O)[nH]c1=O.[Na+].[Na+].[Na+]. The molecular formula is C11H12N5Na3O10P2. The molecule has 31 heavy (non-hydrogen) atoms. The molecule has 1 N–H and O–H groups in total. The Balaban J connectivity index is 0. The summed E-state index contributed by atoms with van der Waals surface area (Å²) in [7, 11) is -11.8. The van der Waals surface area contributed by atoms with E-state index in [-0.39, 0.29) is 101 Å². The summed E-state index contributed by atoms with van der Waals surface area (Å²) in [4.78, 5) is 71.7. The maximum absolute atomic E-state index is 11.9. The van der Waals surface area contributed by atoms with Crippen LogP contribution in [0.2, 0.25) is 0 Å². The summed E-state index contributed by atoms with van der Waals surface area (Å²) >= 11 is 0. The van der Waals surface area contributed by atoms with Gasteiger partial charge in [0.1, 0.15) is 6.23 Å². The van der Waals surface area contributed by atoms with Crippen molar-refractivity contribution >= 4 is 20.5 Å². The number of aromatic nitrogens is 2. The van der Waals surface area contributed by atoms with Gasteiger partial charge in [0.25, 0.3) is 5.56 Å².